The van der Waals surface area contributed by atoms with Crippen LogP contribution in [0.4, 0.5) is 0 Å². The van der Waals surface area contributed by atoms with Crippen molar-refractivity contribution in [2.24, 2.45) is 5.41 Å². The molecule has 0 spiro atoms. The van der Waals surface area contributed by atoms with Crippen molar-refractivity contribution in [3.05, 3.63) is 58.9 Å². The summed E-state index contributed by atoms with van der Waals surface area (Å²) < 4.78 is 2.33. The maximum atomic E-state index is 4.84. The van der Waals surface area contributed by atoms with Crippen molar-refractivity contribution in [2.75, 3.05) is 0 Å². The van der Waals surface area contributed by atoms with Crippen molar-refractivity contribution in [3.8, 4) is 5.69 Å². The second-order valence-electron chi connectivity index (χ2n) is 11.7. The predicted molar refractivity (Wildman–Crippen MR) is 125 cm³/mol. The van der Waals surface area contributed by atoms with Crippen LogP contribution in [0.3, 0.4) is 0 Å². The van der Waals surface area contributed by atoms with Crippen LogP contribution < -0.4 is 0 Å². The molecule has 156 valence electrons. The molecule has 1 heterocycles. The van der Waals surface area contributed by atoms with Crippen molar-refractivity contribution in [2.45, 2.75) is 89.9 Å². The molecule has 1 fully saturated rings. The lowest BCUT2D eigenvalue weighted by Crippen LogP contribution is -2.42. The maximum absolute atomic E-state index is 4.84. The van der Waals surface area contributed by atoms with E-state index in [4.69, 9.17) is 4.98 Å². The number of aromatic nitrogens is 2. The summed E-state index contributed by atoms with van der Waals surface area (Å²) in [6.07, 6.45) is 7.52. The molecule has 30 heavy (non-hydrogen) atoms. The zero-order valence-electron chi connectivity index (χ0n) is 19.3. The molecule has 0 atom stereocenters. The molecule has 2 heteroatoms. The van der Waals surface area contributed by atoms with E-state index in [9.17, 15) is 0 Å². The Bertz CT molecular complexity index is 1180. The van der Waals surface area contributed by atoms with E-state index in [1.807, 2.05) is 6.33 Å². The summed E-state index contributed by atoms with van der Waals surface area (Å²) >= 11 is 0. The van der Waals surface area contributed by atoms with E-state index in [2.05, 4.69) is 76.4 Å². The average molecular weight is 399 g/mol. The van der Waals surface area contributed by atoms with Crippen molar-refractivity contribution in [3.63, 3.8) is 0 Å². The van der Waals surface area contributed by atoms with Crippen molar-refractivity contribution in [1.29, 1.82) is 0 Å². The van der Waals surface area contributed by atoms with Gasteiger partial charge in [0.1, 0.15) is 6.33 Å². The van der Waals surface area contributed by atoms with Crippen LogP contribution in [0.5, 0.6) is 0 Å². The topological polar surface area (TPSA) is 17.8 Å². The molecule has 0 saturated heterocycles. The highest BCUT2D eigenvalue weighted by atomic mass is 15.0. The highest BCUT2D eigenvalue weighted by Gasteiger charge is 2.56. The standard InChI is InChI=1S/C28H34N2/c1-26(2)22-12-11-19(13-23(22)27(3,4)28(26,5)6)30-16-29-24-14-20-17-7-9-18(10-8-17)21(20)15-25(24)30/h11-18H,7-10H2,1-6H3. The van der Waals surface area contributed by atoms with E-state index in [0.717, 1.165) is 17.4 Å². The molecule has 1 aromatic heterocycles. The summed E-state index contributed by atoms with van der Waals surface area (Å²) in [5.74, 6) is 1.53. The van der Waals surface area contributed by atoms with Crippen LogP contribution in [0, 0.1) is 5.41 Å². The third kappa shape index (κ3) is 2.08. The minimum atomic E-state index is 0.122. The van der Waals surface area contributed by atoms with Crippen LogP contribution >= 0.6 is 0 Å². The van der Waals surface area contributed by atoms with Gasteiger partial charge in [-0.2, -0.15) is 0 Å². The minimum Gasteiger partial charge on any atom is -0.299 e. The number of hydrogen-bond donors (Lipinski definition) is 0. The van der Waals surface area contributed by atoms with E-state index < -0.39 is 0 Å². The maximum Gasteiger partial charge on any atom is 0.100 e. The molecule has 1 saturated carbocycles. The normalized spacial score (nSPS) is 27.3. The SMILES string of the molecule is CC1(C)c2ccc(-n3cnc4cc5c(cc43)C3CCC5CC3)cc2C(C)(C)C1(C)C. The lowest BCUT2D eigenvalue weighted by Gasteiger charge is -2.44. The Labute approximate surface area is 180 Å². The molecule has 0 N–H and O–H groups in total. The van der Waals surface area contributed by atoms with Gasteiger partial charge in [-0.05, 0) is 100 Å². The van der Waals surface area contributed by atoms with Gasteiger partial charge in [-0.1, -0.05) is 47.6 Å². The average Bonchev–Trinajstić information content (AvgIpc) is 3.19. The van der Waals surface area contributed by atoms with Gasteiger partial charge in [-0.25, -0.2) is 4.98 Å². The molecule has 0 radical (unpaired) electrons. The molecule has 0 unspecified atom stereocenters. The first-order valence-electron chi connectivity index (χ1n) is 11.8. The monoisotopic (exact) mass is 398 g/mol. The second kappa shape index (κ2) is 5.58. The highest BCUT2D eigenvalue weighted by Crippen LogP contribution is 2.61. The van der Waals surface area contributed by atoms with Gasteiger partial charge in [-0.3, -0.25) is 4.57 Å². The summed E-state index contributed by atoms with van der Waals surface area (Å²) in [7, 11) is 0. The third-order valence-corrected chi connectivity index (χ3v) is 10.1. The van der Waals surface area contributed by atoms with Crippen LogP contribution in [0.25, 0.3) is 16.7 Å². The Morgan fingerprint density at radius 1 is 0.767 bits per heavy atom. The van der Waals surface area contributed by atoms with Gasteiger partial charge in [0.2, 0.25) is 0 Å². The molecule has 2 bridgehead atoms. The van der Waals surface area contributed by atoms with Gasteiger partial charge in [0.05, 0.1) is 11.0 Å². The first-order chi connectivity index (χ1) is 14.1. The fourth-order valence-electron chi connectivity index (χ4n) is 6.91. The summed E-state index contributed by atoms with van der Waals surface area (Å²) in [4.78, 5) is 4.84. The lowest BCUT2D eigenvalue weighted by molar-refractivity contribution is 0.125. The minimum absolute atomic E-state index is 0.122. The Kier molecular flexibility index (Phi) is 3.47. The molecule has 7 rings (SSSR count). The zero-order chi connectivity index (χ0) is 21.1. The first kappa shape index (κ1) is 18.7. The molecule has 2 aromatic carbocycles. The Morgan fingerprint density at radius 2 is 1.37 bits per heavy atom. The summed E-state index contributed by atoms with van der Waals surface area (Å²) in [5, 5.41) is 0. The number of fused-ring (bicyclic) bond motifs is 4. The molecule has 2 nitrogen and oxygen atoms in total. The fourth-order valence-corrected chi connectivity index (χ4v) is 6.91. The first-order valence-corrected chi connectivity index (χ1v) is 11.8. The molecular weight excluding hydrogens is 364 g/mol. The van der Waals surface area contributed by atoms with Crippen LogP contribution in [-0.4, -0.2) is 9.55 Å². The number of nitrogens with zero attached hydrogens (tertiary/aromatic N) is 2. The number of imidazole rings is 1. The Morgan fingerprint density at radius 3 is 2.03 bits per heavy atom. The lowest BCUT2D eigenvalue weighted by atomic mass is 9.59. The van der Waals surface area contributed by atoms with E-state index in [-0.39, 0.29) is 16.2 Å². The summed E-state index contributed by atoms with van der Waals surface area (Å²) in [5.41, 5.74) is 10.3. The van der Waals surface area contributed by atoms with Gasteiger partial charge >= 0.3 is 0 Å². The summed E-state index contributed by atoms with van der Waals surface area (Å²) in [6, 6.07) is 12.0. The van der Waals surface area contributed by atoms with Gasteiger partial charge in [0.25, 0.3) is 0 Å². The third-order valence-electron chi connectivity index (χ3n) is 10.1. The van der Waals surface area contributed by atoms with Gasteiger partial charge in [0.15, 0.2) is 0 Å². The van der Waals surface area contributed by atoms with Crippen LogP contribution in [0.15, 0.2) is 36.7 Å². The quantitative estimate of drug-likeness (QED) is 0.418. The smallest absolute Gasteiger partial charge is 0.100 e. The highest BCUT2D eigenvalue weighted by molar-refractivity contribution is 5.80. The fraction of sp³-hybridized carbons (Fsp3) is 0.536. The number of benzene rings is 2. The Balaban J connectivity index is 1.53. The Hall–Kier alpha value is -2.09. The summed E-state index contributed by atoms with van der Waals surface area (Å²) in [6.45, 7) is 14.5. The van der Waals surface area contributed by atoms with E-state index in [1.54, 1.807) is 11.1 Å². The molecule has 4 aliphatic carbocycles. The van der Waals surface area contributed by atoms with E-state index >= 15 is 0 Å². The predicted octanol–water partition coefficient (Wildman–Crippen LogP) is 7.38. The molecule has 3 aromatic rings. The van der Waals surface area contributed by atoms with Gasteiger partial charge in [-0.15, -0.1) is 0 Å². The zero-order valence-corrected chi connectivity index (χ0v) is 19.3. The van der Waals surface area contributed by atoms with Crippen molar-refractivity contribution in [1.82, 2.24) is 9.55 Å². The van der Waals surface area contributed by atoms with Crippen molar-refractivity contribution >= 4 is 11.0 Å². The molecule has 0 amide bonds. The molecule has 0 aliphatic heterocycles. The molecule has 4 aliphatic rings. The van der Waals surface area contributed by atoms with Gasteiger partial charge < -0.3 is 0 Å². The van der Waals surface area contributed by atoms with E-state index in [0.29, 0.717) is 0 Å². The largest absolute Gasteiger partial charge is 0.299 e. The van der Waals surface area contributed by atoms with Crippen LogP contribution in [-0.2, 0) is 10.8 Å². The molecular formula is C28H34N2. The van der Waals surface area contributed by atoms with Crippen LogP contribution in [0.2, 0.25) is 0 Å². The number of hydrogen-bond acceptors (Lipinski definition) is 1. The number of rotatable bonds is 1. The van der Waals surface area contributed by atoms with Gasteiger partial charge in [0, 0.05) is 5.69 Å². The van der Waals surface area contributed by atoms with E-state index in [1.165, 1.54) is 48.0 Å². The van der Waals surface area contributed by atoms with Crippen molar-refractivity contribution < 1.29 is 0 Å². The van der Waals surface area contributed by atoms with Crippen LogP contribution in [0.1, 0.15) is 101 Å². The second-order valence-corrected chi connectivity index (χ2v) is 11.7.